The van der Waals surface area contributed by atoms with Gasteiger partial charge in [0.05, 0.1) is 15.7 Å². The second-order valence-electron chi connectivity index (χ2n) is 4.88. The SMILES string of the molecule is CCC1CCCC(Nc2c(Cl)cccc2Cl)C1. The Bertz CT molecular complexity index is 358. The maximum atomic E-state index is 6.17. The highest BCUT2D eigenvalue weighted by Gasteiger charge is 2.21. The van der Waals surface area contributed by atoms with Crippen molar-refractivity contribution >= 4 is 28.9 Å². The van der Waals surface area contributed by atoms with Gasteiger partial charge in [0.1, 0.15) is 0 Å². The largest absolute Gasteiger partial charge is 0.380 e. The van der Waals surface area contributed by atoms with Crippen molar-refractivity contribution in [3.8, 4) is 0 Å². The van der Waals surface area contributed by atoms with E-state index in [1.165, 1.54) is 32.1 Å². The monoisotopic (exact) mass is 271 g/mol. The molecule has 1 N–H and O–H groups in total. The van der Waals surface area contributed by atoms with Crippen molar-refractivity contribution in [3.05, 3.63) is 28.2 Å². The summed E-state index contributed by atoms with van der Waals surface area (Å²) in [7, 11) is 0. The fraction of sp³-hybridized carbons (Fsp3) is 0.571. The van der Waals surface area contributed by atoms with Crippen LogP contribution in [0, 0.1) is 5.92 Å². The zero-order valence-corrected chi connectivity index (χ0v) is 11.7. The Hall–Kier alpha value is -0.400. The minimum Gasteiger partial charge on any atom is -0.380 e. The Labute approximate surface area is 114 Å². The Balaban J connectivity index is 2.05. The highest BCUT2D eigenvalue weighted by Crippen LogP contribution is 2.34. The van der Waals surface area contributed by atoms with E-state index in [-0.39, 0.29) is 0 Å². The van der Waals surface area contributed by atoms with E-state index < -0.39 is 0 Å². The first-order valence-corrected chi connectivity index (χ1v) is 7.16. The Kier molecular flexibility index (Phi) is 4.58. The first-order valence-electron chi connectivity index (χ1n) is 6.41. The third kappa shape index (κ3) is 3.29. The Morgan fingerprint density at radius 2 is 1.94 bits per heavy atom. The molecule has 2 atom stereocenters. The number of rotatable bonds is 3. The first-order chi connectivity index (χ1) is 8.20. The van der Waals surface area contributed by atoms with Gasteiger partial charge in [-0.05, 0) is 30.9 Å². The van der Waals surface area contributed by atoms with Gasteiger partial charge in [-0.25, -0.2) is 0 Å². The molecule has 0 amide bonds. The molecule has 0 aromatic heterocycles. The van der Waals surface area contributed by atoms with Crippen LogP contribution in [-0.4, -0.2) is 6.04 Å². The number of anilines is 1. The number of benzene rings is 1. The normalized spacial score (nSPS) is 24.6. The molecular formula is C14H19Cl2N. The molecule has 94 valence electrons. The van der Waals surface area contributed by atoms with E-state index in [1.807, 2.05) is 18.2 Å². The summed E-state index contributed by atoms with van der Waals surface area (Å²) in [5, 5.41) is 4.96. The van der Waals surface area contributed by atoms with Crippen LogP contribution in [0.2, 0.25) is 10.0 Å². The van der Waals surface area contributed by atoms with Crippen molar-refractivity contribution in [1.29, 1.82) is 0 Å². The number of hydrogen-bond donors (Lipinski definition) is 1. The predicted molar refractivity (Wildman–Crippen MR) is 76.1 cm³/mol. The molecule has 0 aliphatic heterocycles. The smallest absolute Gasteiger partial charge is 0.0721 e. The van der Waals surface area contributed by atoms with Gasteiger partial charge >= 0.3 is 0 Å². The van der Waals surface area contributed by atoms with Crippen molar-refractivity contribution in [3.63, 3.8) is 0 Å². The minimum absolute atomic E-state index is 0.520. The van der Waals surface area contributed by atoms with E-state index in [2.05, 4.69) is 12.2 Å². The van der Waals surface area contributed by atoms with E-state index in [9.17, 15) is 0 Å². The van der Waals surface area contributed by atoms with Gasteiger partial charge < -0.3 is 5.32 Å². The standard InChI is InChI=1S/C14H19Cl2N/c1-2-10-5-3-6-11(9-10)17-14-12(15)7-4-8-13(14)16/h4,7-8,10-11,17H,2-3,5-6,9H2,1H3. The molecule has 1 nitrogen and oxygen atoms in total. The lowest BCUT2D eigenvalue weighted by Crippen LogP contribution is -2.27. The molecule has 0 saturated heterocycles. The lowest BCUT2D eigenvalue weighted by Gasteiger charge is -2.30. The number of para-hydroxylation sites is 1. The van der Waals surface area contributed by atoms with E-state index in [4.69, 9.17) is 23.2 Å². The van der Waals surface area contributed by atoms with Crippen LogP contribution in [0.3, 0.4) is 0 Å². The number of halogens is 2. The van der Waals surface area contributed by atoms with Crippen molar-refractivity contribution in [1.82, 2.24) is 0 Å². The van der Waals surface area contributed by atoms with Crippen molar-refractivity contribution in [2.45, 2.75) is 45.1 Å². The summed E-state index contributed by atoms with van der Waals surface area (Å²) >= 11 is 12.3. The summed E-state index contributed by atoms with van der Waals surface area (Å²) in [4.78, 5) is 0. The molecule has 1 aromatic carbocycles. The van der Waals surface area contributed by atoms with Gasteiger partial charge in [-0.15, -0.1) is 0 Å². The summed E-state index contributed by atoms with van der Waals surface area (Å²) in [5.41, 5.74) is 0.901. The fourth-order valence-electron chi connectivity index (χ4n) is 2.63. The van der Waals surface area contributed by atoms with Crippen LogP contribution < -0.4 is 5.32 Å². The maximum absolute atomic E-state index is 6.17. The second-order valence-corrected chi connectivity index (χ2v) is 5.69. The zero-order chi connectivity index (χ0) is 12.3. The molecular weight excluding hydrogens is 253 g/mol. The Morgan fingerprint density at radius 3 is 2.59 bits per heavy atom. The second kappa shape index (κ2) is 5.97. The third-order valence-electron chi connectivity index (χ3n) is 3.67. The molecule has 1 fully saturated rings. The summed E-state index contributed by atoms with van der Waals surface area (Å²) in [6, 6.07) is 6.17. The van der Waals surface area contributed by atoms with Gasteiger partial charge in [0.2, 0.25) is 0 Å². The molecule has 17 heavy (non-hydrogen) atoms. The molecule has 2 unspecified atom stereocenters. The van der Waals surface area contributed by atoms with Gasteiger partial charge in [0, 0.05) is 6.04 Å². The van der Waals surface area contributed by atoms with Crippen LogP contribution in [0.4, 0.5) is 5.69 Å². The topological polar surface area (TPSA) is 12.0 Å². The van der Waals surface area contributed by atoms with Gasteiger partial charge in [-0.1, -0.05) is 55.5 Å². The molecule has 2 rings (SSSR count). The van der Waals surface area contributed by atoms with Crippen LogP contribution in [-0.2, 0) is 0 Å². The van der Waals surface area contributed by atoms with Gasteiger partial charge in [0.15, 0.2) is 0 Å². The molecule has 1 saturated carbocycles. The molecule has 0 bridgehead atoms. The summed E-state index contributed by atoms with van der Waals surface area (Å²) in [6.07, 6.45) is 6.40. The highest BCUT2D eigenvalue weighted by atomic mass is 35.5. The van der Waals surface area contributed by atoms with E-state index in [0.717, 1.165) is 21.7 Å². The average Bonchev–Trinajstić information content (AvgIpc) is 2.34. The molecule has 0 heterocycles. The molecule has 1 aliphatic carbocycles. The predicted octanol–water partition coefficient (Wildman–Crippen LogP) is 5.37. The molecule has 0 spiro atoms. The highest BCUT2D eigenvalue weighted by molar-refractivity contribution is 6.39. The summed E-state index contributed by atoms with van der Waals surface area (Å²) in [6.45, 7) is 2.27. The van der Waals surface area contributed by atoms with Crippen molar-refractivity contribution in [2.75, 3.05) is 5.32 Å². The molecule has 0 radical (unpaired) electrons. The van der Waals surface area contributed by atoms with Crippen LogP contribution in [0.5, 0.6) is 0 Å². The van der Waals surface area contributed by atoms with Gasteiger partial charge in [-0.3, -0.25) is 0 Å². The maximum Gasteiger partial charge on any atom is 0.0721 e. The fourth-order valence-corrected chi connectivity index (χ4v) is 3.14. The average molecular weight is 272 g/mol. The van der Waals surface area contributed by atoms with Crippen molar-refractivity contribution in [2.24, 2.45) is 5.92 Å². The van der Waals surface area contributed by atoms with E-state index in [0.29, 0.717) is 6.04 Å². The molecule has 1 aromatic rings. The lowest BCUT2D eigenvalue weighted by molar-refractivity contribution is 0.327. The van der Waals surface area contributed by atoms with Crippen LogP contribution in [0.1, 0.15) is 39.0 Å². The van der Waals surface area contributed by atoms with E-state index in [1.54, 1.807) is 0 Å². The summed E-state index contributed by atoms with van der Waals surface area (Å²) < 4.78 is 0. The zero-order valence-electron chi connectivity index (χ0n) is 10.2. The molecule has 1 aliphatic rings. The summed E-state index contributed by atoms with van der Waals surface area (Å²) in [5.74, 6) is 0.850. The van der Waals surface area contributed by atoms with Crippen molar-refractivity contribution < 1.29 is 0 Å². The van der Waals surface area contributed by atoms with Crippen LogP contribution in [0.15, 0.2) is 18.2 Å². The van der Waals surface area contributed by atoms with Gasteiger partial charge in [0.25, 0.3) is 0 Å². The van der Waals surface area contributed by atoms with Gasteiger partial charge in [-0.2, -0.15) is 0 Å². The number of nitrogens with one attached hydrogen (secondary N) is 1. The van der Waals surface area contributed by atoms with E-state index >= 15 is 0 Å². The third-order valence-corrected chi connectivity index (χ3v) is 4.30. The lowest BCUT2D eigenvalue weighted by atomic mass is 9.84. The van der Waals surface area contributed by atoms with Crippen LogP contribution in [0.25, 0.3) is 0 Å². The molecule has 3 heteroatoms. The van der Waals surface area contributed by atoms with Crippen LogP contribution >= 0.6 is 23.2 Å². The quantitative estimate of drug-likeness (QED) is 0.779. The first kappa shape index (κ1) is 13.0. The Morgan fingerprint density at radius 1 is 1.24 bits per heavy atom. The number of hydrogen-bond acceptors (Lipinski definition) is 1. The minimum atomic E-state index is 0.520.